The van der Waals surface area contributed by atoms with E-state index in [-0.39, 0.29) is 0 Å². The summed E-state index contributed by atoms with van der Waals surface area (Å²) in [4.78, 5) is 9.47. The fourth-order valence-electron chi connectivity index (χ4n) is 2.17. The summed E-state index contributed by atoms with van der Waals surface area (Å²) in [6, 6.07) is 6.25. The van der Waals surface area contributed by atoms with Gasteiger partial charge in [-0.05, 0) is 60.1 Å². The average molecular weight is 444 g/mol. The van der Waals surface area contributed by atoms with Gasteiger partial charge in [0.2, 0.25) is 0 Å². The van der Waals surface area contributed by atoms with E-state index in [2.05, 4.69) is 73.9 Å². The largest absolute Gasteiger partial charge is 0.372 e. The van der Waals surface area contributed by atoms with Gasteiger partial charge in [-0.25, -0.2) is 9.97 Å². The molecule has 0 radical (unpaired) electrons. The number of anilines is 1. The highest BCUT2D eigenvalue weighted by molar-refractivity contribution is 14.1. The summed E-state index contributed by atoms with van der Waals surface area (Å²) in [5.74, 6) is 2.36. The monoisotopic (exact) mass is 443 g/mol. The molecule has 1 aromatic carbocycles. The lowest BCUT2D eigenvalue weighted by molar-refractivity contribution is 0.978. The molecule has 5 heteroatoms. The molecule has 1 saturated carbocycles. The van der Waals surface area contributed by atoms with E-state index in [1.54, 1.807) is 0 Å². The third-order valence-corrected chi connectivity index (χ3v) is 5.45. The summed E-state index contributed by atoms with van der Waals surface area (Å²) in [5.41, 5.74) is 3.46. The number of rotatable bonds is 3. The fourth-order valence-corrected chi connectivity index (χ4v) is 3.37. The second kappa shape index (κ2) is 5.60. The van der Waals surface area contributed by atoms with Crippen LogP contribution in [0.3, 0.4) is 0 Å². The first-order valence-electron chi connectivity index (χ1n) is 6.62. The molecule has 0 spiro atoms. The molecule has 0 unspecified atom stereocenters. The van der Waals surface area contributed by atoms with Crippen LogP contribution in [0, 0.1) is 10.5 Å². The van der Waals surface area contributed by atoms with Crippen molar-refractivity contribution < 1.29 is 0 Å². The maximum absolute atomic E-state index is 4.81. The van der Waals surface area contributed by atoms with Gasteiger partial charge in [0.1, 0.15) is 5.82 Å². The fraction of sp³-hybridized carbons (Fsp3) is 0.333. The Kier molecular flexibility index (Phi) is 3.99. The second-order valence-electron chi connectivity index (χ2n) is 5.08. The van der Waals surface area contributed by atoms with E-state index in [9.17, 15) is 0 Å². The Balaban J connectivity index is 2.12. The summed E-state index contributed by atoms with van der Waals surface area (Å²) in [5, 5.41) is 3.19. The van der Waals surface area contributed by atoms with E-state index >= 15 is 0 Å². The summed E-state index contributed by atoms with van der Waals surface area (Å²) < 4.78 is 2.27. The van der Waals surface area contributed by atoms with Gasteiger partial charge >= 0.3 is 0 Å². The van der Waals surface area contributed by atoms with E-state index in [4.69, 9.17) is 4.98 Å². The Hall–Kier alpha value is -0.690. The third kappa shape index (κ3) is 2.70. The Bertz CT molecular complexity index is 668. The lowest BCUT2D eigenvalue weighted by Crippen LogP contribution is -2.04. The van der Waals surface area contributed by atoms with Crippen LogP contribution >= 0.6 is 38.5 Å². The molecule has 1 heterocycles. The Morgan fingerprint density at radius 3 is 2.65 bits per heavy atom. The average Bonchev–Trinajstić information content (AvgIpc) is 3.27. The summed E-state index contributed by atoms with van der Waals surface area (Å²) in [6.45, 7) is 2.08. The lowest BCUT2D eigenvalue weighted by Gasteiger charge is -2.11. The zero-order valence-electron chi connectivity index (χ0n) is 11.4. The first-order valence-corrected chi connectivity index (χ1v) is 8.49. The van der Waals surface area contributed by atoms with Gasteiger partial charge in [-0.1, -0.05) is 22.0 Å². The Labute approximate surface area is 140 Å². The zero-order chi connectivity index (χ0) is 14.3. The van der Waals surface area contributed by atoms with Crippen molar-refractivity contribution in [2.45, 2.75) is 25.7 Å². The number of aromatic nitrogens is 2. The van der Waals surface area contributed by atoms with Gasteiger partial charge in [0.05, 0.1) is 9.26 Å². The first-order chi connectivity index (χ1) is 9.60. The van der Waals surface area contributed by atoms with E-state index in [0.717, 1.165) is 25.2 Å². The van der Waals surface area contributed by atoms with Gasteiger partial charge in [-0.2, -0.15) is 0 Å². The molecule has 3 rings (SSSR count). The van der Waals surface area contributed by atoms with E-state index in [1.807, 2.05) is 7.05 Å². The molecule has 1 aliphatic carbocycles. The van der Waals surface area contributed by atoms with Crippen molar-refractivity contribution in [1.29, 1.82) is 0 Å². The SMILES string of the molecule is CNc1nc(-c2ccc(Br)c(C)c2)nc(C2CC2)c1I. The van der Waals surface area contributed by atoms with E-state index in [1.165, 1.54) is 24.1 Å². The third-order valence-electron chi connectivity index (χ3n) is 3.49. The van der Waals surface area contributed by atoms with Crippen molar-refractivity contribution in [3.63, 3.8) is 0 Å². The van der Waals surface area contributed by atoms with Crippen molar-refractivity contribution in [2.24, 2.45) is 0 Å². The highest BCUT2D eigenvalue weighted by atomic mass is 127. The predicted octanol–water partition coefficient (Wildman–Crippen LogP) is 4.74. The molecule has 0 amide bonds. The Morgan fingerprint density at radius 2 is 2.05 bits per heavy atom. The highest BCUT2D eigenvalue weighted by Gasteiger charge is 2.29. The maximum atomic E-state index is 4.81. The minimum atomic E-state index is 0.618. The molecule has 0 atom stereocenters. The van der Waals surface area contributed by atoms with Crippen molar-refractivity contribution in [3.8, 4) is 11.4 Å². The second-order valence-corrected chi connectivity index (χ2v) is 7.02. The van der Waals surface area contributed by atoms with E-state index in [0.29, 0.717) is 5.92 Å². The normalized spacial score (nSPS) is 14.4. The number of hydrogen-bond acceptors (Lipinski definition) is 3. The standard InChI is InChI=1S/C15H15BrIN3/c1-8-7-10(5-6-11(8)16)14-19-13(9-3-4-9)12(17)15(18-2)20-14/h5-7,9H,3-4H2,1-2H3,(H,18,19,20). The van der Waals surface area contributed by atoms with Crippen LogP contribution in [0.4, 0.5) is 5.82 Å². The number of benzene rings is 1. The molecular formula is C15H15BrIN3. The summed E-state index contributed by atoms with van der Waals surface area (Å²) in [7, 11) is 1.91. The van der Waals surface area contributed by atoms with Crippen molar-refractivity contribution >= 4 is 44.3 Å². The van der Waals surface area contributed by atoms with Crippen LogP contribution < -0.4 is 5.32 Å². The molecule has 0 bridgehead atoms. The van der Waals surface area contributed by atoms with Gasteiger partial charge < -0.3 is 5.32 Å². The lowest BCUT2D eigenvalue weighted by atomic mass is 10.1. The van der Waals surface area contributed by atoms with Crippen LogP contribution in [0.1, 0.15) is 30.0 Å². The quantitative estimate of drug-likeness (QED) is 0.696. The van der Waals surface area contributed by atoms with Gasteiger partial charge in [-0.15, -0.1) is 0 Å². The van der Waals surface area contributed by atoms with Crippen molar-refractivity contribution in [1.82, 2.24) is 9.97 Å². The highest BCUT2D eigenvalue weighted by Crippen LogP contribution is 2.43. The molecular weight excluding hydrogens is 429 g/mol. The molecule has 0 saturated heterocycles. The maximum Gasteiger partial charge on any atom is 0.161 e. The van der Waals surface area contributed by atoms with Crippen molar-refractivity contribution in [2.75, 3.05) is 12.4 Å². The molecule has 1 aromatic heterocycles. The van der Waals surface area contributed by atoms with Gasteiger partial charge in [0, 0.05) is 23.0 Å². The van der Waals surface area contributed by atoms with Crippen LogP contribution in [-0.4, -0.2) is 17.0 Å². The molecule has 3 nitrogen and oxygen atoms in total. The zero-order valence-corrected chi connectivity index (χ0v) is 15.1. The van der Waals surface area contributed by atoms with Crippen LogP contribution in [0.5, 0.6) is 0 Å². The number of aryl methyl sites for hydroxylation is 1. The topological polar surface area (TPSA) is 37.8 Å². The van der Waals surface area contributed by atoms with Gasteiger partial charge in [0.15, 0.2) is 5.82 Å². The number of halogens is 2. The number of nitrogens with one attached hydrogen (secondary N) is 1. The minimum absolute atomic E-state index is 0.618. The molecule has 20 heavy (non-hydrogen) atoms. The number of nitrogens with zero attached hydrogens (tertiary/aromatic N) is 2. The minimum Gasteiger partial charge on any atom is -0.372 e. The molecule has 2 aromatic rings. The molecule has 1 aliphatic rings. The molecule has 1 fully saturated rings. The first kappa shape index (κ1) is 14.3. The van der Waals surface area contributed by atoms with Crippen LogP contribution in [0.25, 0.3) is 11.4 Å². The number of hydrogen-bond donors (Lipinski definition) is 1. The van der Waals surface area contributed by atoms with Crippen LogP contribution in [0.2, 0.25) is 0 Å². The van der Waals surface area contributed by atoms with E-state index < -0.39 is 0 Å². The van der Waals surface area contributed by atoms with Crippen LogP contribution in [-0.2, 0) is 0 Å². The predicted molar refractivity (Wildman–Crippen MR) is 94.1 cm³/mol. The smallest absolute Gasteiger partial charge is 0.161 e. The van der Waals surface area contributed by atoms with Gasteiger partial charge in [-0.3, -0.25) is 0 Å². The molecule has 1 N–H and O–H groups in total. The molecule has 0 aliphatic heterocycles. The van der Waals surface area contributed by atoms with Crippen molar-refractivity contribution in [3.05, 3.63) is 37.5 Å². The summed E-state index contributed by atoms with van der Waals surface area (Å²) >= 11 is 5.88. The van der Waals surface area contributed by atoms with Gasteiger partial charge in [0.25, 0.3) is 0 Å². The Morgan fingerprint density at radius 1 is 1.30 bits per heavy atom. The summed E-state index contributed by atoms with van der Waals surface area (Å²) in [6.07, 6.45) is 2.49. The van der Waals surface area contributed by atoms with Crippen LogP contribution in [0.15, 0.2) is 22.7 Å². The molecule has 104 valence electrons.